The van der Waals surface area contributed by atoms with E-state index in [2.05, 4.69) is 23.7 Å². The largest absolute Gasteiger partial charge is 0.507 e. The van der Waals surface area contributed by atoms with E-state index in [0.29, 0.717) is 12.1 Å². The number of Topliss-reactive ketones (excluding diaryl/α,β-unsaturated/α-hetero) is 1. The van der Waals surface area contributed by atoms with Crippen molar-refractivity contribution in [3.63, 3.8) is 0 Å². The standard InChI is InChI=1S/C24H29N3O3/c1-4-26(5-2)15-6-16-27-21(18-11-13-25-14-12-18)20(23(29)24(27)30)22(28)19-9-7-17(3)8-10-19/h7-14,21,28H,4-6,15-16H2,1-3H3/b22-20+/t21-/m1/s1. The number of aryl methyl sites for hydroxylation is 1. The number of aromatic nitrogens is 1. The fraction of sp³-hybridized carbons (Fsp3) is 0.375. The zero-order valence-corrected chi connectivity index (χ0v) is 17.8. The van der Waals surface area contributed by atoms with Crippen molar-refractivity contribution in [2.75, 3.05) is 26.2 Å². The Kier molecular flexibility index (Phi) is 7.00. The minimum atomic E-state index is -0.641. The lowest BCUT2D eigenvalue weighted by atomic mass is 9.95. The summed E-state index contributed by atoms with van der Waals surface area (Å²) in [6, 6.07) is 10.2. The van der Waals surface area contributed by atoms with E-state index in [-0.39, 0.29) is 11.3 Å². The Morgan fingerprint density at radius 1 is 1.07 bits per heavy atom. The molecule has 1 aromatic carbocycles. The predicted octanol–water partition coefficient (Wildman–Crippen LogP) is 3.54. The van der Waals surface area contributed by atoms with Gasteiger partial charge in [0, 0.05) is 24.5 Å². The maximum atomic E-state index is 13.0. The Bertz CT molecular complexity index is 918. The van der Waals surface area contributed by atoms with E-state index in [1.165, 1.54) is 0 Å². The molecule has 0 spiro atoms. The first-order valence-electron chi connectivity index (χ1n) is 10.5. The van der Waals surface area contributed by atoms with Crippen LogP contribution in [-0.2, 0) is 9.59 Å². The summed E-state index contributed by atoms with van der Waals surface area (Å²) in [5, 5.41) is 11.0. The van der Waals surface area contributed by atoms with Crippen LogP contribution in [0.5, 0.6) is 0 Å². The summed E-state index contributed by atoms with van der Waals surface area (Å²) in [4.78, 5) is 33.8. The topological polar surface area (TPSA) is 73.7 Å². The normalized spacial score (nSPS) is 18.4. The van der Waals surface area contributed by atoms with Gasteiger partial charge in [-0.2, -0.15) is 0 Å². The molecule has 1 aromatic heterocycles. The van der Waals surface area contributed by atoms with Gasteiger partial charge in [-0.25, -0.2) is 0 Å². The monoisotopic (exact) mass is 407 g/mol. The van der Waals surface area contributed by atoms with Crippen LogP contribution in [0.2, 0.25) is 0 Å². The zero-order chi connectivity index (χ0) is 21.7. The first-order chi connectivity index (χ1) is 14.5. The van der Waals surface area contributed by atoms with Crippen molar-refractivity contribution in [2.45, 2.75) is 33.2 Å². The number of carbonyl (C=O) groups excluding carboxylic acids is 2. The smallest absolute Gasteiger partial charge is 0.295 e. The number of carbonyl (C=O) groups is 2. The number of amides is 1. The van der Waals surface area contributed by atoms with Crippen LogP contribution in [0.1, 0.15) is 43.0 Å². The number of nitrogens with zero attached hydrogens (tertiary/aromatic N) is 3. The highest BCUT2D eigenvalue weighted by molar-refractivity contribution is 6.46. The van der Waals surface area contributed by atoms with Crippen LogP contribution >= 0.6 is 0 Å². The van der Waals surface area contributed by atoms with E-state index in [9.17, 15) is 14.7 Å². The second-order valence-electron chi connectivity index (χ2n) is 7.52. The highest BCUT2D eigenvalue weighted by Crippen LogP contribution is 2.39. The molecule has 1 atom stereocenters. The Labute approximate surface area is 177 Å². The molecule has 0 saturated carbocycles. The summed E-state index contributed by atoms with van der Waals surface area (Å²) in [6.45, 7) is 9.33. The lowest BCUT2D eigenvalue weighted by Gasteiger charge is -2.26. The van der Waals surface area contributed by atoms with Gasteiger partial charge < -0.3 is 14.9 Å². The van der Waals surface area contributed by atoms with Crippen molar-refractivity contribution in [3.8, 4) is 0 Å². The molecule has 1 fully saturated rings. The average molecular weight is 408 g/mol. The summed E-state index contributed by atoms with van der Waals surface area (Å²) in [6.07, 6.45) is 4.02. The number of aliphatic hydroxyl groups excluding tert-OH is 1. The number of hydrogen-bond donors (Lipinski definition) is 1. The molecule has 6 nitrogen and oxygen atoms in total. The molecule has 2 heterocycles. The van der Waals surface area contributed by atoms with Crippen LogP contribution in [0, 0.1) is 6.92 Å². The van der Waals surface area contributed by atoms with Gasteiger partial charge >= 0.3 is 0 Å². The third-order valence-electron chi connectivity index (χ3n) is 5.65. The Hall–Kier alpha value is -2.99. The average Bonchev–Trinajstić information content (AvgIpc) is 3.02. The highest BCUT2D eigenvalue weighted by Gasteiger charge is 2.45. The second kappa shape index (κ2) is 9.67. The molecule has 30 heavy (non-hydrogen) atoms. The second-order valence-corrected chi connectivity index (χ2v) is 7.52. The van der Waals surface area contributed by atoms with Crippen LogP contribution in [0.15, 0.2) is 54.4 Å². The summed E-state index contributed by atoms with van der Waals surface area (Å²) in [5.74, 6) is -1.34. The molecule has 2 aromatic rings. The number of hydrogen-bond acceptors (Lipinski definition) is 5. The molecule has 3 rings (SSSR count). The molecular weight excluding hydrogens is 378 g/mol. The van der Waals surface area contributed by atoms with Crippen molar-refractivity contribution in [1.29, 1.82) is 0 Å². The summed E-state index contributed by atoms with van der Waals surface area (Å²) in [5.41, 5.74) is 2.48. The van der Waals surface area contributed by atoms with Crippen molar-refractivity contribution in [1.82, 2.24) is 14.8 Å². The molecule has 1 aliphatic heterocycles. The van der Waals surface area contributed by atoms with E-state index in [0.717, 1.165) is 37.2 Å². The van der Waals surface area contributed by atoms with E-state index in [1.807, 2.05) is 19.1 Å². The lowest BCUT2D eigenvalue weighted by molar-refractivity contribution is -0.140. The van der Waals surface area contributed by atoms with Crippen molar-refractivity contribution in [3.05, 3.63) is 71.1 Å². The number of pyridine rings is 1. The molecule has 1 aliphatic rings. The quantitative estimate of drug-likeness (QED) is 0.412. The van der Waals surface area contributed by atoms with E-state index in [4.69, 9.17) is 0 Å². The third-order valence-corrected chi connectivity index (χ3v) is 5.65. The molecule has 1 saturated heterocycles. The Morgan fingerprint density at radius 3 is 2.30 bits per heavy atom. The molecule has 6 heteroatoms. The van der Waals surface area contributed by atoms with Crippen LogP contribution in [-0.4, -0.2) is 57.8 Å². The fourth-order valence-corrected chi connectivity index (χ4v) is 3.87. The number of rotatable bonds is 8. The van der Waals surface area contributed by atoms with Crippen LogP contribution in [0.4, 0.5) is 0 Å². The van der Waals surface area contributed by atoms with Crippen molar-refractivity contribution in [2.24, 2.45) is 0 Å². The van der Waals surface area contributed by atoms with Gasteiger partial charge in [0.25, 0.3) is 11.7 Å². The zero-order valence-electron chi connectivity index (χ0n) is 17.8. The van der Waals surface area contributed by atoms with Gasteiger partial charge in [0.05, 0.1) is 11.6 Å². The molecular formula is C24H29N3O3. The summed E-state index contributed by atoms with van der Waals surface area (Å²) in [7, 11) is 0. The first kappa shape index (κ1) is 21.7. The molecule has 0 bridgehead atoms. The van der Waals surface area contributed by atoms with Crippen molar-refractivity contribution < 1.29 is 14.7 Å². The van der Waals surface area contributed by atoms with Gasteiger partial charge in [0.15, 0.2) is 0 Å². The molecule has 0 unspecified atom stereocenters. The number of ketones is 1. The third kappa shape index (κ3) is 4.44. The minimum absolute atomic E-state index is 0.137. The van der Waals surface area contributed by atoms with E-state index >= 15 is 0 Å². The molecule has 0 radical (unpaired) electrons. The van der Waals surface area contributed by atoms with Gasteiger partial charge in [0.2, 0.25) is 0 Å². The van der Waals surface area contributed by atoms with Gasteiger partial charge in [-0.05, 0) is 50.7 Å². The van der Waals surface area contributed by atoms with Crippen LogP contribution in [0.25, 0.3) is 5.76 Å². The fourth-order valence-electron chi connectivity index (χ4n) is 3.87. The van der Waals surface area contributed by atoms with E-state index < -0.39 is 17.7 Å². The van der Waals surface area contributed by atoms with Gasteiger partial charge in [-0.3, -0.25) is 14.6 Å². The molecule has 0 aliphatic carbocycles. The van der Waals surface area contributed by atoms with Gasteiger partial charge in [0.1, 0.15) is 5.76 Å². The first-order valence-corrected chi connectivity index (χ1v) is 10.5. The molecule has 1 amide bonds. The lowest BCUT2D eigenvalue weighted by Crippen LogP contribution is -2.33. The summed E-state index contributed by atoms with van der Waals surface area (Å²) >= 11 is 0. The number of likely N-dealkylation sites (tertiary alicyclic amines) is 1. The summed E-state index contributed by atoms with van der Waals surface area (Å²) < 4.78 is 0. The Morgan fingerprint density at radius 2 is 1.70 bits per heavy atom. The van der Waals surface area contributed by atoms with Crippen LogP contribution in [0.3, 0.4) is 0 Å². The number of aliphatic hydroxyl groups is 1. The predicted molar refractivity (Wildman–Crippen MR) is 117 cm³/mol. The van der Waals surface area contributed by atoms with Gasteiger partial charge in [-0.1, -0.05) is 43.7 Å². The Balaban J connectivity index is 1.99. The SMILES string of the molecule is CCN(CC)CCCN1C(=O)C(=O)/C(=C(/O)c2ccc(C)cc2)[C@H]1c1ccncc1. The maximum Gasteiger partial charge on any atom is 0.295 e. The molecule has 158 valence electrons. The van der Waals surface area contributed by atoms with Crippen LogP contribution < -0.4 is 0 Å². The van der Waals surface area contributed by atoms with E-state index in [1.54, 1.807) is 41.6 Å². The maximum absolute atomic E-state index is 13.0. The van der Waals surface area contributed by atoms with Gasteiger partial charge in [-0.15, -0.1) is 0 Å². The van der Waals surface area contributed by atoms with Crippen molar-refractivity contribution >= 4 is 17.4 Å². The number of benzene rings is 1. The highest BCUT2D eigenvalue weighted by atomic mass is 16.3. The minimum Gasteiger partial charge on any atom is -0.507 e. The molecule has 1 N–H and O–H groups in total.